The second-order valence-corrected chi connectivity index (χ2v) is 4.90. The molecule has 0 spiro atoms. The van der Waals surface area contributed by atoms with Gasteiger partial charge in [0.2, 0.25) is 0 Å². The normalized spacial score (nSPS) is 32.9. The van der Waals surface area contributed by atoms with Crippen molar-refractivity contribution in [2.75, 3.05) is 12.3 Å². The predicted molar refractivity (Wildman–Crippen MR) is 67.8 cm³/mol. The summed E-state index contributed by atoms with van der Waals surface area (Å²) in [6, 6.07) is 2.67. The molecule has 3 rings (SSSR count). The molecule has 1 aliphatic rings. The van der Waals surface area contributed by atoms with Crippen LogP contribution in [-0.4, -0.2) is 49.6 Å². The van der Waals surface area contributed by atoms with Crippen LogP contribution in [-0.2, 0) is 4.74 Å². The van der Waals surface area contributed by atoms with Gasteiger partial charge in [-0.3, -0.25) is 0 Å². The Bertz CT molecular complexity index is 694. The van der Waals surface area contributed by atoms with E-state index < -0.39 is 31.0 Å². The van der Waals surface area contributed by atoms with Crippen molar-refractivity contribution in [3.63, 3.8) is 0 Å². The zero-order valence-electron chi connectivity index (χ0n) is 10.6. The number of ether oxygens (including phenoxy) is 1. The number of aliphatic hydroxyl groups is 2. The molecule has 1 fully saturated rings. The molecule has 5 N–H and O–H groups in total. The molecule has 7 nitrogen and oxygen atoms in total. The highest BCUT2D eigenvalue weighted by atomic mass is 19.2. The molecule has 0 unspecified atom stereocenters. The third kappa shape index (κ3) is 1.93. The van der Waals surface area contributed by atoms with E-state index in [1.54, 1.807) is 0 Å². The van der Waals surface area contributed by atoms with E-state index in [1.807, 2.05) is 0 Å². The lowest BCUT2D eigenvalue weighted by Crippen LogP contribution is -2.41. The van der Waals surface area contributed by atoms with Gasteiger partial charge in [-0.15, -0.1) is 0 Å². The van der Waals surface area contributed by atoms with Crippen LogP contribution in [0.3, 0.4) is 0 Å². The molecule has 114 valence electrons. The first-order chi connectivity index (χ1) is 9.87. The summed E-state index contributed by atoms with van der Waals surface area (Å²) in [6.45, 7) is -1.19. The average molecular weight is 301 g/mol. The minimum atomic E-state index is -2.90. The Labute approximate surface area is 117 Å². The van der Waals surface area contributed by atoms with Gasteiger partial charge in [-0.25, -0.2) is 13.8 Å². The monoisotopic (exact) mass is 301 g/mol. The third-order valence-electron chi connectivity index (χ3n) is 3.50. The van der Waals surface area contributed by atoms with Crippen LogP contribution in [0.2, 0.25) is 0 Å². The molecule has 9 heteroatoms. The Morgan fingerprint density at radius 2 is 2.19 bits per heavy atom. The molecule has 0 saturated carbocycles. The van der Waals surface area contributed by atoms with Crippen LogP contribution in [0.15, 0.2) is 18.5 Å². The van der Waals surface area contributed by atoms with E-state index in [1.165, 1.54) is 12.1 Å². The number of nitrogen functional groups attached to an aromatic ring is 1. The largest absolute Gasteiger partial charge is 0.506 e. The summed E-state index contributed by atoms with van der Waals surface area (Å²) >= 11 is 0. The average Bonchev–Trinajstić information content (AvgIpc) is 2.95. The van der Waals surface area contributed by atoms with Gasteiger partial charge >= 0.3 is 0 Å². The molecule has 21 heavy (non-hydrogen) atoms. The first-order valence-electron chi connectivity index (χ1n) is 6.12. The molecule has 4 atom stereocenters. The summed E-state index contributed by atoms with van der Waals surface area (Å²) in [6.07, 6.45) is -4.66. The van der Waals surface area contributed by atoms with Crippen LogP contribution in [0.5, 0.6) is 5.75 Å². The molecule has 0 bridgehead atoms. The quantitative estimate of drug-likeness (QED) is 0.590. The highest BCUT2D eigenvalue weighted by Crippen LogP contribution is 2.41. The van der Waals surface area contributed by atoms with Crippen LogP contribution in [0, 0.1) is 0 Å². The number of rotatable bonds is 2. The number of hydrogen-bond acceptors (Lipinski definition) is 6. The maximum absolute atomic E-state index is 14.1. The number of alkyl halides is 2. The van der Waals surface area contributed by atoms with Crippen LogP contribution < -0.4 is 5.73 Å². The maximum atomic E-state index is 14.1. The standard InChI is InChI=1S/C12H13F2N3O4/c13-8-10(20)12(14,3-18)21-11(8)17-4-16-9-6(17)1-5(15)2-7(9)19/h1-2,4,8,10-11,18-20H,3,15H2/t8-,10+,11-,12-/m1/s1. The van der Waals surface area contributed by atoms with E-state index in [4.69, 9.17) is 15.6 Å². The Hall–Kier alpha value is -1.97. The zero-order chi connectivity index (χ0) is 15.4. The van der Waals surface area contributed by atoms with Crippen LogP contribution >= 0.6 is 0 Å². The van der Waals surface area contributed by atoms with Gasteiger partial charge in [0.15, 0.2) is 18.5 Å². The smallest absolute Gasteiger partial charge is 0.263 e. The first kappa shape index (κ1) is 14.0. The van der Waals surface area contributed by atoms with Crippen molar-refractivity contribution >= 4 is 16.7 Å². The van der Waals surface area contributed by atoms with Crippen LogP contribution in [0.1, 0.15) is 6.23 Å². The SMILES string of the molecule is Nc1cc(O)c2ncn([C@@H]3O[C@](F)(CO)[C@@H](O)[C@H]3F)c2c1. The molecule has 2 aromatic rings. The van der Waals surface area contributed by atoms with E-state index in [9.17, 15) is 19.0 Å². The van der Waals surface area contributed by atoms with Gasteiger partial charge < -0.3 is 30.4 Å². The van der Waals surface area contributed by atoms with Crippen LogP contribution in [0.25, 0.3) is 11.0 Å². The lowest BCUT2D eigenvalue weighted by atomic mass is 10.1. The molecular weight excluding hydrogens is 288 g/mol. The topological polar surface area (TPSA) is 114 Å². The fourth-order valence-corrected chi connectivity index (χ4v) is 2.41. The summed E-state index contributed by atoms with van der Waals surface area (Å²) in [4.78, 5) is 3.88. The summed E-state index contributed by atoms with van der Waals surface area (Å²) in [7, 11) is 0. The molecule has 1 saturated heterocycles. The molecular formula is C12H13F2N3O4. The maximum Gasteiger partial charge on any atom is 0.263 e. The predicted octanol–water partition coefficient (Wildman–Crippen LogP) is 0.210. The second kappa shape index (κ2) is 4.52. The van der Waals surface area contributed by atoms with Gasteiger partial charge in [-0.05, 0) is 6.07 Å². The number of hydrogen-bond donors (Lipinski definition) is 4. The van der Waals surface area contributed by atoms with Crippen molar-refractivity contribution in [2.45, 2.75) is 24.4 Å². The molecule has 2 heterocycles. The minimum Gasteiger partial charge on any atom is -0.506 e. The summed E-state index contributed by atoms with van der Waals surface area (Å²) in [5.74, 6) is -3.12. The number of aromatic nitrogens is 2. The molecule has 0 aliphatic carbocycles. The van der Waals surface area contributed by atoms with Crippen molar-refractivity contribution in [3.8, 4) is 5.75 Å². The third-order valence-corrected chi connectivity index (χ3v) is 3.50. The Balaban J connectivity index is 2.10. The fraction of sp³-hybridized carbons (Fsp3) is 0.417. The molecule has 0 amide bonds. The van der Waals surface area contributed by atoms with Crippen molar-refractivity contribution in [1.82, 2.24) is 9.55 Å². The summed E-state index contributed by atoms with van der Waals surface area (Å²) in [5, 5.41) is 28.2. The Morgan fingerprint density at radius 1 is 1.48 bits per heavy atom. The number of phenols is 1. The molecule has 0 radical (unpaired) electrons. The number of nitrogens with zero attached hydrogens (tertiary/aromatic N) is 2. The number of aliphatic hydroxyl groups excluding tert-OH is 2. The van der Waals surface area contributed by atoms with Crippen LogP contribution in [0.4, 0.5) is 14.5 Å². The summed E-state index contributed by atoms with van der Waals surface area (Å²) < 4.78 is 34.0. The molecule has 1 aromatic heterocycles. The van der Waals surface area contributed by atoms with E-state index in [-0.39, 0.29) is 22.5 Å². The van der Waals surface area contributed by atoms with Gasteiger partial charge in [0.1, 0.15) is 17.9 Å². The lowest BCUT2D eigenvalue weighted by Gasteiger charge is -2.19. The highest BCUT2D eigenvalue weighted by molar-refractivity contribution is 5.85. The van der Waals surface area contributed by atoms with Gasteiger partial charge in [0.05, 0.1) is 11.8 Å². The number of fused-ring (bicyclic) bond motifs is 1. The van der Waals surface area contributed by atoms with Crippen molar-refractivity contribution in [3.05, 3.63) is 18.5 Å². The van der Waals surface area contributed by atoms with Gasteiger partial charge in [0, 0.05) is 11.8 Å². The number of halogens is 2. The highest BCUT2D eigenvalue weighted by Gasteiger charge is 2.57. The van der Waals surface area contributed by atoms with Gasteiger partial charge in [-0.1, -0.05) is 0 Å². The van der Waals surface area contributed by atoms with Crippen molar-refractivity contribution in [1.29, 1.82) is 0 Å². The number of benzene rings is 1. The minimum absolute atomic E-state index is 0.134. The number of phenolic OH excluding ortho intramolecular Hbond substituents is 1. The first-order valence-corrected chi connectivity index (χ1v) is 6.12. The van der Waals surface area contributed by atoms with E-state index in [2.05, 4.69) is 4.98 Å². The van der Waals surface area contributed by atoms with E-state index in [0.29, 0.717) is 0 Å². The Kier molecular flexibility index (Phi) is 3.01. The van der Waals surface area contributed by atoms with Gasteiger partial charge in [0.25, 0.3) is 5.85 Å². The van der Waals surface area contributed by atoms with Gasteiger partial charge in [-0.2, -0.15) is 0 Å². The second-order valence-electron chi connectivity index (χ2n) is 4.90. The zero-order valence-corrected chi connectivity index (χ0v) is 10.6. The van der Waals surface area contributed by atoms with Crippen molar-refractivity contribution < 1.29 is 28.8 Å². The number of imidazole rings is 1. The number of aromatic hydroxyl groups is 1. The number of anilines is 1. The number of nitrogens with two attached hydrogens (primary N) is 1. The van der Waals surface area contributed by atoms with E-state index >= 15 is 0 Å². The fourth-order valence-electron chi connectivity index (χ4n) is 2.41. The van der Waals surface area contributed by atoms with Crippen molar-refractivity contribution in [2.24, 2.45) is 0 Å². The Morgan fingerprint density at radius 3 is 2.81 bits per heavy atom. The lowest BCUT2D eigenvalue weighted by molar-refractivity contribution is -0.206. The van der Waals surface area contributed by atoms with E-state index in [0.717, 1.165) is 10.9 Å². The molecule has 1 aromatic carbocycles. The molecule has 1 aliphatic heterocycles. The summed E-state index contributed by atoms with van der Waals surface area (Å²) in [5.41, 5.74) is 6.14.